The fourth-order valence-corrected chi connectivity index (χ4v) is 2.25. The van der Waals surface area contributed by atoms with Crippen molar-refractivity contribution in [2.24, 2.45) is 5.92 Å². The number of esters is 1. The number of nitrogens with one attached hydrogen (secondary N) is 1. The highest BCUT2D eigenvalue weighted by Gasteiger charge is 2.36. The molecule has 1 unspecified atom stereocenters. The smallest absolute Gasteiger partial charge is 0.323 e. The molecule has 0 aliphatic heterocycles. The summed E-state index contributed by atoms with van der Waals surface area (Å²) in [6.07, 6.45) is 2.21. The Labute approximate surface area is 114 Å². The number of carbonyl (C=O) groups is 1. The van der Waals surface area contributed by atoms with E-state index in [9.17, 15) is 4.79 Å². The number of ether oxygens (including phenoxy) is 2. The van der Waals surface area contributed by atoms with Gasteiger partial charge in [-0.05, 0) is 29.9 Å². The molecule has 0 amide bonds. The number of methoxy groups -OCH3 is 2. The van der Waals surface area contributed by atoms with Gasteiger partial charge >= 0.3 is 5.97 Å². The van der Waals surface area contributed by atoms with Crippen molar-refractivity contribution in [1.82, 2.24) is 5.32 Å². The Hall–Kier alpha value is -1.39. The van der Waals surface area contributed by atoms with Crippen molar-refractivity contribution in [2.45, 2.75) is 32.0 Å². The zero-order chi connectivity index (χ0) is 13.7. The molecule has 0 aromatic heterocycles. The second kappa shape index (κ2) is 6.68. The Bertz CT molecular complexity index is 429. The standard InChI is InChI=1S/C15H21NO3/c1-18-10-13-6-4-3-5-12(13)9-16-14(11-7-8-11)15(17)19-2/h3-6,11,14,16H,7-10H2,1-2H3. The minimum Gasteiger partial charge on any atom is -0.468 e. The van der Waals surface area contributed by atoms with Gasteiger partial charge in [-0.2, -0.15) is 0 Å². The van der Waals surface area contributed by atoms with Gasteiger partial charge in [0.05, 0.1) is 13.7 Å². The van der Waals surface area contributed by atoms with E-state index in [1.54, 1.807) is 7.11 Å². The van der Waals surface area contributed by atoms with Crippen molar-refractivity contribution >= 4 is 5.97 Å². The lowest BCUT2D eigenvalue weighted by molar-refractivity contribution is -0.143. The van der Waals surface area contributed by atoms with Crippen LogP contribution in [-0.4, -0.2) is 26.2 Å². The van der Waals surface area contributed by atoms with Crippen LogP contribution in [0.3, 0.4) is 0 Å². The van der Waals surface area contributed by atoms with E-state index in [1.807, 2.05) is 18.2 Å². The Balaban J connectivity index is 1.98. The highest BCUT2D eigenvalue weighted by molar-refractivity contribution is 5.76. The first-order chi connectivity index (χ1) is 9.26. The number of rotatable bonds is 7. The molecule has 19 heavy (non-hydrogen) atoms. The second-order valence-electron chi connectivity index (χ2n) is 4.92. The van der Waals surface area contributed by atoms with E-state index in [2.05, 4.69) is 11.4 Å². The minimum atomic E-state index is -0.180. The van der Waals surface area contributed by atoms with Gasteiger partial charge in [0.2, 0.25) is 0 Å². The quantitative estimate of drug-likeness (QED) is 0.763. The molecule has 1 aromatic carbocycles. The lowest BCUT2D eigenvalue weighted by atomic mass is 10.1. The van der Waals surface area contributed by atoms with Crippen LogP contribution in [0.15, 0.2) is 24.3 Å². The van der Waals surface area contributed by atoms with E-state index in [4.69, 9.17) is 9.47 Å². The first-order valence-electron chi connectivity index (χ1n) is 6.63. The molecule has 104 valence electrons. The van der Waals surface area contributed by atoms with Crippen LogP contribution in [0.2, 0.25) is 0 Å². The van der Waals surface area contributed by atoms with Crippen LogP contribution in [0.25, 0.3) is 0 Å². The third-order valence-corrected chi connectivity index (χ3v) is 3.48. The minimum absolute atomic E-state index is 0.160. The normalized spacial score (nSPS) is 16.1. The van der Waals surface area contributed by atoms with E-state index >= 15 is 0 Å². The molecule has 4 nitrogen and oxygen atoms in total. The monoisotopic (exact) mass is 263 g/mol. The van der Waals surface area contributed by atoms with Gasteiger partial charge in [0.1, 0.15) is 6.04 Å². The van der Waals surface area contributed by atoms with Crippen LogP contribution in [0.4, 0.5) is 0 Å². The van der Waals surface area contributed by atoms with Gasteiger partial charge in [0.25, 0.3) is 0 Å². The van der Waals surface area contributed by atoms with Gasteiger partial charge in [-0.25, -0.2) is 0 Å². The van der Waals surface area contributed by atoms with Gasteiger partial charge < -0.3 is 14.8 Å². The molecule has 1 saturated carbocycles. The lowest BCUT2D eigenvalue weighted by Crippen LogP contribution is -2.39. The van der Waals surface area contributed by atoms with Crippen LogP contribution in [-0.2, 0) is 27.4 Å². The van der Waals surface area contributed by atoms with E-state index in [1.165, 1.54) is 12.7 Å². The predicted octanol–water partition coefficient (Wildman–Crippen LogP) is 1.87. The van der Waals surface area contributed by atoms with E-state index in [0.717, 1.165) is 18.4 Å². The number of hydrogen-bond acceptors (Lipinski definition) is 4. The lowest BCUT2D eigenvalue weighted by Gasteiger charge is -2.17. The van der Waals surface area contributed by atoms with Crippen LogP contribution >= 0.6 is 0 Å². The molecule has 0 heterocycles. The second-order valence-corrected chi connectivity index (χ2v) is 4.92. The maximum atomic E-state index is 11.7. The summed E-state index contributed by atoms with van der Waals surface area (Å²) >= 11 is 0. The predicted molar refractivity (Wildman–Crippen MR) is 72.5 cm³/mol. The third-order valence-electron chi connectivity index (χ3n) is 3.48. The van der Waals surface area contributed by atoms with Gasteiger partial charge in [-0.15, -0.1) is 0 Å². The largest absolute Gasteiger partial charge is 0.468 e. The zero-order valence-electron chi connectivity index (χ0n) is 11.5. The summed E-state index contributed by atoms with van der Waals surface area (Å²) in [6.45, 7) is 1.25. The molecule has 1 N–H and O–H groups in total. The number of hydrogen-bond donors (Lipinski definition) is 1. The van der Waals surface area contributed by atoms with Crippen molar-refractivity contribution in [3.8, 4) is 0 Å². The molecule has 0 spiro atoms. The van der Waals surface area contributed by atoms with E-state index in [0.29, 0.717) is 19.1 Å². The summed E-state index contributed by atoms with van der Waals surface area (Å²) in [5, 5.41) is 3.32. The molecule has 2 rings (SSSR count). The van der Waals surface area contributed by atoms with Gasteiger partial charge in [-0.3, -0.25) is 4.79 Å². The molecular weight excluding hydrogens is 242 g/mol. The maximum Gasteiger partial charge on any atom is 0.323 e. The zero-order valence-corrected chi connectivity index (χ0v) is 11.5. The molecule has 1 aliphatic carbocycles. The first-order valence-corrected chi connectivity index (χ1v) is 6.63. The van der Waals surface area contributed by atoms with Crippen LogP contribution in [0.5, 0.6) is 0 Å². The Morgan fingerprint density at radius 3 is 2.58 bits per heavy atom. The van der Waals surface area contributed by atoms with E-state index < -0.39 is 0 Å². The topological polar surface area (TPSA) is 47.6 Å². The molecule has 0 saturated heterocycles. The Morgan fingerprint density at radius 1 is 1.32 bits per heavy atom. The molecule has 4 heteroatoms. The SMILES string of the molecule is COCc1ccccc1CNC(C(=O)OC)C1CC1. The van der Waals surface area contributed by atoms with Crippen molar-refractivity contribution in [1.29, 1.82) is 0 Å². The third kappa shape index (κ3) is 3.78. The summed E-state index contributed by atoms with van der Waals surface area (Å²) in [7, 11) is 3.13. The average Bonchev–Trinajstić information content (AvgIpc) is 3.25. The van der Waals surface area contributed by atoms with Crippen LogP contribution < -0.4 is 5.32 Å². The Morgan fingerprint density at radius 2 is 2.00 bits per heavy atom. The first kappa shape index (κ1) is 14.0. The van der Waals surface area contributed by atoms with Crippen LogP contribution in [0.1, 0.15) is 24.0 Å². The maximum absolute atomic E-state index is 11.7. The number of carbonyl (C=O) groups excluding carboxylic acids is 1. The molecule has 1 fully saturated rings. The summed E-state index contributed by atoms with van der Waals surface area (Å²) in [5.74, 6) is 0.272. The van der Waals surface area contributed by atoms with E-state index in [-0.39, 0.29) is 12.0 Å². The summed E-state index contributed by atoms with van der Waals surface area (Å²) in [6, 6.07) is 7.92. The van der Waals surface area contributed by atoms with Gasteiger partial charge in [-0.1, -0.05) is 24.3 Å². The molecule has 1 atom stereocenters. The van der Waals surface area contributed by atoms with Crippen LogP contribution in [0, 0.1) is 5.92 Å². The summed E-state index contributed by atoms with van der Waals surface area (Å²) in [4.78, 5) is 11.7. The van der Waals surface area contributed by atoms with Crippen molar-refractivity contribution < 1.29 is 14.3 Å². The summed E-state index contributed by atoms with van der Waals surface area (Å²) in [5.41, 5.74) is 2.32. The average molecular weight is 263 g/mol. The molecule has 1 aromatic rings. The summed E-state index contributed by atoms with van der Waals surface area (Å²) < 4.78 is 10.0. The molecule has 0 bridgehead atoms. The van der Waals surface area contributed by atoms with Crippen molar-refractivity contribution in [3.63, 3.8) is 0 Å². The fraction of sp³-hybridized carbons (Fsp3) is 0.533. The molecular formula is C15H21NO3. The Kier molecular flexibility index (Phi) is 4.93. The molecule has 0 radical (unpaired) electrons. The highest BCUT2D eigenvalue weighted by Crippen LogP contribution is 2.33. The molecule has 1 aliphatic rings. The fourth-order valence-electron chi connectivity index (χ4n) is 2.25. The van der Waals surface area contributed by atoms with Crippen molar-refractivity contribution in [3.05, 3.63) is 35.4 Å². The highest BCUT2D eigenvalue weighted by atomic mass is 16.5. The van der Waals surface area contributed by atoms with Gasteiger partial charge in [0, 0.05) is 13.7 Å². The van der Waals surface area contributed by atoms with Crippen molar-refractivity contribution in [2.75, 3.05) is 14.2 Å². The van der Waals surface area contributed by atoms with Gasteiger partial charge in [0.15, 0.2) is 0 Å². The number of benzene rings is 1.